The summed E-state index contributed by atoms with van der Waals surface area (Å²) in [4.78, 5) is 51.3. The number of hydrogen-bond donors (Lipinski definition) is 1. The molecule has 36 heavy (non-hydrogen) atoms. The molecule has 0 radical (unpaired) electrons. The van der Waals surface area contributed by atoms with Crippen LogP contribution in [-0.4, -0.2) is 35.3 Å². The molecule has 7 nitrogen and oxygen atoms in total. The van der Waals surface area contributed by atoms with Gasteiger partial charge in [0.1, 0.15) is 24.0 Å². The predicted molar refractivity (Wildman–Crippen MR) is 138 cm³/mol. The molecule has 1 aliphatic rings. The van der Waals surface area contributed by atoms with Crippen LogP contribution >= 0.6 is 0 Å². The van der Waals surface area contributed by atoms with Gasteiger partial charge in [-0.25, -0.2) is 4.79 Å². The van der Waals surface area contributed by atoms with Gasteiger partial charge in [-0.15, -0.1) is 0 Å². The molecule has 0 saturated heterocycles. The van der Waals surface area contributed by atoms with E-state index in [0.717, 1.165) is 37.7 Å². The van der Waals surface area contributed by atoms with Gasteiger partial charge < -0.3 is 14.8 Å². The zero-order chi connectivity index (χ0) is 26.4. The number of benzene rings is 1. The molecule has 198 valence electrons. The van der Waals surface area contributed by atoms with E-state index in [-0.39, 0.29) is 25.2 Å². The molecule has 7 heteroatoms. The minimum absolute atomic E-state index is 0.0724. The van der Waals surface area contributed by atoms with Crippen LogP contribution in [0.5, 0.6) is 0 Å². The van der Waals surface area contributed by atoms with E-state index in [9.17, 15) is 19.2 Å². The van der Waals surface area contributed by atoms with E-state index in [2.05, 4.69) is 17.5 Å². The van der Waals surface area contributed by atoms with Gasteiger partial charge in [0, 0.05) is 12.8 Å². The predicted octanol–water partition coefficient (Wildman–Crippen LogP) is 5.21. The van der Waals surface area contributed by atoms with Crippen LogP contribution in [0.15, 0.2) is 42.5 Å². The highest BCUT2D eigenvalue weighted by Gasteiger charge is 2.31. The number of esters is 2. The molecule has 1 aromatic carbocycles. The summed E-state index contributed by atoms with van der Waals surface area (Å²) in [5.74, 6) is -2.55. The standard InChI is InChI=1S/C29H41NO6/c1-29(2,3)36-28(34)25-18-14-9-7-5-4-6-8-13-17-24(31)19-23(27(33)30-25)20-26(32)35-21-22-15-11-10-12-16-22/h4,6,10-12,15-16,23,25H,5,7-9,13-14,17-21H2,1-3H3,(H,30,33)/b6-4-/t23-,25-/m0/s1. The Morgan fingerprint density at radius 1 is 0.972 bits per heavy atom. The van der Waals surface area contributed by atoms with Crippen LogP contribution in [-0.2, 0) is 35.3 Å². The monoisotopic (exact) mass is 499 g/mol. The van der Waals surface area contributed by atoms with Gasteiger partial charge in [-0.2, -0.15) is 0 Å². The molecule has 1 amide bonds. The number of rotatable bonds is 5. The highest BCUT2D eigenvalue weighted by atomic mass is 16.6. The second kappa shape index (κ2) is 15.2. The van der Waals surface area contributed by atoms with Crippen molar-refractivity contribution in [3.05, 3.63) is 48.0 Å². The summed E-state index contributed by atoms with van der Waals surface area (Å²) in [6, 6.07) is 8.42. The highest BCUT2D eigenvalue weighted by molar-refractivity contribution is 5.92. The zero-order valence-electron chi connectivity index (χ0n) is 21.9. The summed E-state index contributed by atoms with van der Waals surface area (Å²) in [7, 11) is 0. The van der Waals surface area contributed by atoms with Crippen LogP contribution in [0.3, 0.4) is 0 Å². The fourth-order valence-corrected chi connectivity index (χ4v) is 3.98. The molecule has 0 aromatic heterocycles. The molecule has 1 N–H and O–H groups in total. The Labute approximate surface area is 215 Å². The first kappa shape index (κ1) is 29.3. The van der Waals surface area contributed by atoms with Crippen LogP contribution in [0.1, 0.15) is 90.5 Å². The summed E-state index contributed by atoms with van der Waals surface area (Å²) in [5, 5.41) is 2.78. The van der Waals surface area contributed by atoms with E-state index in [1.807, 2.05) is 30.3 Å². The average Bonchev–Trinajstić information content (AvgIpc) is 2.81. The smallest absolute Gasteiger partial charge is 0.329 e. The summed E-state index contributed by atoms with van der Waals surface area (Å²) < 4.78 is 10.9. The van der Waals surface area contributed by atoms with E-state index in [1.165, 1.54) is 0 Å². The number of allylic oxidation sites excluding steroid dienone is 2. The Kier molecular flexibility index (Phi) is 12.4. The molecule has 2 rings (SSSR count). The van der Waals surface area contributed by atoms with Crippen LogP contribution in [0.25, 0.3) is 0 Å². The van der Waals surface area contributed by atoms with Gasteiger partial charge in [-0.3, -0.25) is 14.4 Å². The van der Waals surface area contributed by atoms with Crippen molar-refractivity contribution in [3.63, 3.8) is 0 Å². The van der Waals surface area contributed by atoms with Crippen molar-refractivity contribution in [1.29, 1.82) is 0 Å². The lowest BCUT2D eigenvalue weighted by atomic mass is 9.94. The lowest BCUT2D eigenvalue weighted by Gasteiger charge is -2.26. The molecular formula is C29H41NO6. The van der Waals surface area contributed by atoms with Gasteiger partial charge in [0.15, 0.2) is 0 Å². The van der Waals surface area contributed by atoms with Crippen molar-refractivity contribution in [2.75, 3.05) is 0 Å². The van der Waals surface area contributed by atoms with E-state index < -0.39 is 35.4 Å². The SMILES string of the molecule is CC(C)(C)OC(=O)[C@@H]1CCCCC/C=C\CCCC(=O)C[C@@H](CC(=O)OCc2ccccc2)C(=O)N1. The number of nitrogens with one attached hydrogen (secondary N) is 1. The largest absolute Gasteiger partial charge is 0.461 e. The number of carbonyl (C=O) groups excluding carboxylic acids is 4. The Bertz CT molecular complexity index is 887. The number of carbonyl (C=O) groups is 4. The lowest BCUT2D eigenvalue weighted by molar-refractivity contribution is -0.159. The Hall–Kier alpha value is -2.96. The van der Waals surface area contributed by atoms with Crippen LogP contribution in [0.2, 0.25) is 0 Å². The van der Waals surface area contributed by atoms with Crippen molar-refractivity contribution in [2.24, 2.45) is 5.92 Å². The summed E-state index contributed by atoms with van der Waals surface area (Å²) >= 11 is 0. The molecule has 0 bridgehead atoms. The molecule has 0 aliphatic carbocycles. The molecular weight excluding hydrogens is 458 g/mol. The van der Waals surface area contributed by atoms with E-state index in [0.29, 0.717) is 19.3 Å². The van der Waals surface area contributed by atoms with Gasteiger partial charge in [-0.1, -0.05) is 55.3 Å². The van der Waals surface area contributed by atoms with Crippen LogP contribution in [0, 0.1) is 5.92 Å². The van der Waals surface area contributed by atoms with Crippen LogP contribution in [0.4, 0.5) is 0 Å². The third-order valence-electron chi connectivity index (χ3n) is 5.87. The van der Waals surface area contributed by atoms with E-state index in [1.54, 1.807) is 20.8 Å². The Balaban J connectivity index is 2.13. The first-order valence-corrected chi connectivity index (χ1v) is 13.0. The fraction of sp³-hybridized carbons (Fsp3) is 0.586. The summed E-state index contributed by atoms with van der Waals surface area (Å²) in [6.45, 7) is 5.42. The molecule has 0 fully saturated rings. The molecule has 2 atom stereocenters. The number of amides is 1. The average molecular weight is 500 g/mol. The number of ketones is 1. The van der Waals surface area contributed by atoms with Crippen molar-refractivity contribution in [2.45, 2.75) is 103 Å². The molecule has 0 unspecified atom stereocenters. The van der Waals surface area contributed by atoms with Gasteiger partial charge in [0.2, 0.25) is 5.91 Å². The normalized spacial score (nSPS) is 21.8. The molecule has 0 spiro atoms. The molecule has 1 aliphatic heterocycles. The van der Waals surface area contributed by atoms with Gasteiger partial charge >= 0.3 is 11.9 Å². The van der Waals surface area contributed by atoms with Crippen molar-refractivity contribution in [1.82, 2.24) is 5.32 Å². The zero-order valence-corrected chi connectivity index (χ0v) is 21.9. The van der Waals surface area contributed by atoms with Gasteiger partial charge in [0.25, 0.3) is 0 Å². The van der Waals surface area contributed by atoms with Crippen LogP contribution < -0.4 is 5.32 Å². The second-order valence-corrected chi connectivity index (χ2v) is 10.4. The first-order chi connectivity index (χ1) is 17.1. The molecule has 0 saturated carbocycles. The molecule has 1 aromatic rings. The van der Waals surface area contributed by atoms with Gasteiger partial charge in [-0.05, 0) is 58.4 Å². The summed E-state index contributed by atoms with van der Waals surface area (Å²) in [6.07, 6.45) is 9.81. The van der Waals surface area contributed by atoms with Crippen molar-refractivity contribution in [3.8, 4) is 0 Å². The van der Waals surface area contributed by atoms with Crippen molar-refractivity contribution < 1.29 is 28.7 Å². The Morgan fingerprint density at radius 3 is 2.36 bits per heavy atom. The first-order valence-electron chi connectivity index (χ1n) is 13.0. The highest BCUT2D eigenvalue weighted by Crippen LogP contribution is 2.18. The third-order valence-corrected chi connectivity index (χ3v) is 5.87. The maximum atomic E-state index is 13.3. The maximum absolute atomic E-state index is 13.3. The van der Waals surface area contributed by atoms with E-state index >= 15 is 0 Å². The fourth-order valence-electron chi connectivity index (χ4n) is 3.98. The minimum atomic E-state index is -0.908. The van der Waals surface area contributed by atoms with Gasteiger partial charge in [0.05, 0.1) is 12.3 Å². The second-order valence-electron chi connectivity index (χ2n) is 10.4. The quantitative estimate of drug-likeness (QED) is 0.441. The van der Waals surface area contributed by atoms with Crippen molar-refractivity contribution >= 4 is 23.6 Å². The summed E-state index contributed by atoms with van der Waals surface area (Å²) in [5.41, 5.74) is 0.140. The Morgan fingerprint density at radius 2 is 1.67 bits per heavy atom. The topological polar surface area (TPSA) is 98.8 Å². The maximum Gasteiger partial charge on any atom is 0.329 e. The third kappa shape index (κ3) is 12.1. The number of ether oxygens (including phenoxy) is 2. The number of Topliss-reactive ketones (excluding diaryl/α,β-unsaturated/α-hetero) is 1. The van der Waals surface area contributed by atoms with E-state index in [4.69, 9.17) is 9.47 Å². The number of hydrogen-bond acceptors (Lipinski definition) is 6. The molecule has 1 heterocycles. The lowest BCUT2D eigenvalue weighted by Crippen LogP contribution is -2.47. The minimum Gasteiger partial charge on any atom is -0.461 e.